The summed E-state index contributed by atoms with van der Waals surface area (Å²) in [6, 6.07) is 4.83. The second-order valence-electron chi connectivity index (χ2n) is 5.38. The lowest BCUT2D eigenvalue weighted by Gasteiger charge is -2.24. The minimum atomic E-state index is 0.351. The number of benzene rings is 1. The van der Waals surface area contributed by atoms with E-state index >= 15 is 0 Å². The summed E-state index contributed by atoms with van der Waals surface area (Å²) in [4.78, 5) is 0. The van der Waals surface area contributed by atoms with E-state index in [9.17, 15) is 0 Å². The molecule has 2 heterocycles. The fourth-order valence-electron chi connectivity index (χ4n) is 2.79. The lowest BCUT2D eigenvalue weighted by molar-refractivity contribution is 0.174. The van der Waals surface area contributed by atoms with E-state index in [1.54, 1.807) is 0 Å². The smallest absolute Gasteiger partial charge is 0.231 e. The van der Waals surface area contributed by atoms with Crippen LogP contribution in [0.2, 0.25) is 0 Å². The highest BCUT2D eigenvalue weighted by Crippen LogP contribution is 2.34. The van der Waals surface area contributed by atoms with Crippen molar-refractivity contribution in [3.05, 3.63) is 23.3 Å². The predicted octanol–water partition coefficient (Wildman–Crippen LogP) is 1.61. The number of hydrogen-bond acceptors (Lipinski definition) is 4. The molecule has 0 aromatic heterocycles. The molecule has 1 unspecified atom stereocenters. The molecule has 104 valence electrons. The number of nitrogens with one attached hydrogen (secondary N) is 2. The molecule has 2 N–H and O–H groups in total. The van der Waals surface area contributed by atoms with Gasteiger partial charge in [0, 0.05) is 12.6 Å². The van der Waals surface area contributed by atoms with E-state index in [-0.39, 0.29) is 0 Å². The summed E-state index contributed by atoms with van der Waals surface area (Å²) < 4.78 is 10.8. The minimum Gasteiger partial charge on any atom is -0.454 e. The number of hydrogen-bond donors (Lipinski definition) is 2. The molecule has 1 aromatic rings. The van der Waals surface area contributed by atoms with Gasteiger partial charge in [-0.05, 0) is 62.5 Å². The summed E-state index contributed by atoms with van der Waals surface area (Å²) in [5.74, 6) is 1.77. The number of piperidine rings is 1. The monoisotopic (exact) mass is 262 g/mol. The molecule has 4 heteroatoms. The van der Waals surface area contributed by atoms with Gasteiger partial charge in [0.2, 0.25) is 6.79 Å². The molecule has 1 saturated heterocycles. The second kappa shape index (κ2) is 5.80. The molecule has 0 amide bonds. The Bertz CT molecular complexity index is 442. The van der Waals surface area contributed by atoms with Gasteiger partial charge in [-0.1, -0.05) is 0 Å². The van der Waals surface area contributed by atoms with E-state index in [0.29, 0.717) is 12.8 Å². The van der Waals surface area contributed by atoms with E-state index in [1.807, 2.05) is 0 Å². The minimum absolute atomic E-state index is 0.351. The third kappa shape index (κ3) is 3.01. The summed E-state index contributed by atoms with van der Waals surface area (Å²) in [5.41, 5.74) is 2.63. The Morgan fingerprint density at radius 2 is 2.16 bits per heavy atom. The van der Waals surface area contributed by atoms with Crippen molar-refractivity contribution in [2.75, 3.05) is 26.4 Å². The Hall–Kier alpha value is -1.26. The molecular formula is C15H22N2O2. The standard InChI is InChI=1S/C15H22N2O2/c1-11-7-14-15(19-10-18-14)8-12(11)4-6-17-13-3-2-5-16-9-13/h7-8,13,16-17H,2-6,9-10H2,1H3. The summed E-state index contributed by atoms with van der Waals surface area (Å²) in [6.07, 6.45) is 3.60. The SMILES string of the molecule is Cc1cc2c(cc1CCNC1CCCNC1)OCO2. The Kier molecular flexibility index (Phi) is 3.89. The van der Waals surface area contributed by atoms with E-state index in [0.717, 1.165) is 31.0 Å². The number of ether oxygens (including phenoxy) is 2. The van der Waals surface area contributed by atoms with Gasteiger partial charge >= 0.3 is 0 Å². The number of aryl methyl sites for hydroxylation is 1. The molecule has 0 radical (unpaired) electrons. The van der Waals surface area contributed by atoms with Crippen molar-refractivity contribution in [3.63, 3.8) is 0 Å². The van der Waals surface area contributed by atoms with Crippen LogP contribution in [0.15, 0.2) is 12.1 Å². The zero-order valence-corrected chi connectivity index (χ0v) is 11.5. The van der Waals surface area contributed by atoms with Crippen molar-refractivity contribution in [1.29, 1.82) is 0 Å². The van der Waals surface area contributed by atoms with Crippen molar-refractivity contribution < 1.29 is 9.47 Å². The Morgan fingerprint density at radius 1 is 1.32 bits per heavy atom. The summed E-state index contributed by atoms with van der Waals surface area (Å²) in [5, 5.41) is 7.06. The number of fused-ring (bicyclic) bond motifs is 1. The first kappa shape index (κ1) is 12.8. The van der Waals surface area contributed by atoms with E-state index in [4.69, 9.17) is 9.47 Å². The molecule has 1 aromatic carbocycles. The third-order valence-electron chi connectivity index (χ3n) is 3.96. The highest BCUT2D eigenvalue weighted by Gasteiger charge is 2.16. The molecule has 2 aliphatic rings. The maximum Gasteiger partial charge on any atom is 0.231 e. The van der Waals surface area contributed by atoms with E-state index in [1.165, 1.54) is 30.5 Å². The van der Waals surface area contributed by atoms with Crippen molar-refractivity contribution in [1.82, 2.24) is 10.6 Å². The zero-order chi connectivity index (χ0) is 13.1. The summed E-state index contributed by atoms with van der Waals surface area (Å²) in [7, 11) is 0. The fourth-order valence-corrected chi connectivity index (χ4v) is 2.79. The summed E-state index contributed by atoms with van der Waals surface area (Å²) >= 11 is 0. The second-order valence-corrected chi connectivity index (χ2v) is 5.38. The molecule has 1 atom stereocenters. The first-order chi connectivity index (χ1) is 9.33. The quantitative estimate of drug-likeness (QED) is 0.865. The average Bonchev–Trinajstić information content (AvgIpc) is 2.87. The Balaban J connectivity index is 1.54. The van der Waals surface area contributed by atoms with Gasteiger partial charge in [0.25, 0.3) is 0 Å². The van der Waals surface area contributed by atoms with Crippen LogP contribution in [0, 0.1) is 6.92 Å². The van der Waals surface area contributed by atoms with Crippen LogP contribution < -0.4 is 20.1 Å². The highest BCUT2D eigenvalue weighted by atomic mass is 16.7. The molecule has 0 aliphatic carbocycles. The largest absolute Gasteiger partial charge is 0.454 e. The molecule has 2 aliphatic heterocycles. The first-order valence-corrected chi connectivity index (χ1v) is 7.16. The van der Waals surface area contributed by atoms with Gasteiger partial charge in [-0.3, -0.25) is 0 Å². The molecule has 4 nitrogen and oxygen atoms in total. The molecule has 0 spiro atoms. The van der Waals surface area contributed by atoms with Crippen molar-refractivity contribution in [3.8, 4) is 11.5 Å². The molecule has 0 bridgehead atoms. The molecule has 1 fully saturated rings. The maximum absolute atomic E-state index is 5.44. The maximum atomic E-state index is 5.44. The van der Waals surface area contributed by atoms with Gasteiger partial charge in [-0.2, -0.15) is 0 Å². The van der Waals surface area contributed by atoms with Crippen LogP contribution in [0.4, 0.5) is 0 Å². The highest BCUT2D eigenvalue weighted by molar-refractivity contribution is 5.48. The van der Waals surface area contributed by atoms with Crippen LogP contribution in [-0.4, -0.2) is 32.5 Å². The normalized spacial score (nSPS) is 21.6. The van der Waals surface area contributed by atoms with Crippen molar-refractivity contribution >= 4 is 0 Å². The third-order valence-corrected chi connectivity index (χ3v) is 3.96. The predicted molar refractivity (Wildman–Crippen MR) is 74.9 cm³/mol. The zero-order valence-electron chi connectivity index (χ0n) is 11.5. The Labute approximate surface area is 114 Å². The topological polar surface area (TPSA) is 42.5 Å². The van der Waals surface area contributed by atoms with Crippen molar-refractivity contribution in [2.45, 2.75) is 32.2 Å². The summed E-state index contributed by atoms with van der Waals surface area (Å²) in [6.45, 7) is 5.77. The lowest BCUT2D eigenvalue weighted by Crippen LogP contribution is -2.43. The van der Waals surface area contributed by atoms with Gasteiger partial charge < -0.3 is 20.1 Å². The van der Waals surface area contributed by atoms with Crippen LogP contribution in [0.25, 0.3) is 0 Å². The lowest BCUT2D eigenvalue weighted by atomic mass is 10.0. The van der Waals surface area contributed by atoms with Crippen LogP contribution in [-0.2, 0) is 6.42 Å². The van der Waals surface area contributed by atoms with Crippen LogP contribution in [0.5, 0.6) is 11.5 Å². The molecular weight excluding hydrogens is 240 g/mol. The van der Waals surface area contributed by atoms with Crippen LogP contribution in [0.1, 0.15) is 24.0 Å². The number of rotatable bonds is 4. The van der Waals surface area contributed by atoms with E-state index < -0.39 is 0 Å². The van der Waals surface area contributed by atoms with E-state index in [2.05, 4.69) is 29.7 Å². The van der Waals surface area contributed by atoms with Crippen molar-refractivity contribution in [2.24, 2.45) is 0 Å². The van der Waals surface area contributed by atoms with Gasteiger partial charge in [0.15, 0.2) is 11.5 Å². The van der Waals surface area contributed by atoms with Gasteiger partial charge in [0.05, 0.1) is 0 Å². The molecule has 3 rings (SSSR count). The average molecular weight is 262 g/mol. The van der Waals surface area contributed by atoms with Gasteiger partial charge in [0.1, 0.15) is 0 Å². The first-order valence-electron chi connectivity index (χ1n) is 7.16. The fraction of sp³-hybridized carbons (Fsp3) is 0.600. The van der Waals surface area contributed by atoms with Gasteiger partial charge in [-0.15, -0.1) is 0 Å². The van der Waals surface area contributed by atoms with Crippen LogP contribution in [0.3, 0.4) is 0 Å². The van der Waals surface area contributed by atoms with Crippen LogP contribution >= 0.6 is 0 Å². The van der Waals surface area contributed by atoms with Gasteiger partial charge in [-0.25, -0.2) is 0 Å². The molecule has 0 saturated carbocycles. The molecule has 19 heavy (non-hydrogen) atoms. The Morgan fingerprint density at radius 3 is 2.95 bits per heavy atom.